The van der Waals surface area contributed by atoms with E-state index < -0.39 is 6.23 Å². The van der Waals surface area contributed by atoms with Crippen LogP contribution < -0.4 is 10.6 Å². The van der Waals surface area contributed by atoms with Crippen LogP contribution in [0.25, 0.3) is 0 Å². The summed E-state index contributed by atoms with van der Waals surface area (Å²) in [5.74, 6) is 0.388. The fraction of sp³-hybridized carbons (Fsp3) is 0.500. The van der Waals surface area contributed by atoms with Gasteiger partial charge in [0.15, 0.2) is 0 Å². The number of nitrogens with one attached hydrogen (secondary N) is 2. The Balaban J connectivity index is 2.05. The van der Waals surface area contributed by atoms with E-state index in [2.05, 4.69) is 36.6 Å². The van der Waals surface area contributed by atoms with Crippen molar-refractivity contribution in [2.75, 3.05) is 5.32 Å². The zero-order valence-corrected chi connectivity index (χ0v) is 10.8. The molecule has 1 aliphatic heterocycles. The number of rotatable bonds is 3. The van der Waals surface area contributed by atoms with Gasteiger partial charge >= 0.3 is 0 Å². The number of carbonyl (C=O) groups excluding carboxylic acids is 1. The van der Waals surface area contributed by atoms with Gasteiger partial charge in [-0.25, -0.2) is 0 Å². The molecule has 0 aliphatic carbocycles. The standard InChI is InChI=1S/C14H20N2O2/c1-9(2)10-4-3-5-11(8-10)15-12-6-7-13(17)16-14(12)18/h3-5,8-9,12,14-15,18H,6-7H2,1-2H3,(H,16,17). The second-order valence-corrected chi connectivity index (χ2v) is 5.08. The van der Waals surface area contributed by atoms with Crippen LogP contribution in [-0.2, 0) is 4.79 Å². The zero-order valence-electron chi connectivity index (χ0n) is 10.8. The highest BCUT2D eigenvalue weighted by Crippen LogP contribution is 2.21. The van der Waals surface area contributed by atoms with E-state index in [4.69, 9.17) is 0 Å². The summed E-state index contributed by atoms with van der Waals surface area (Å²) >= 11 is 0. The molecule has 2 rings (SSSR count). The number of anilines is 1. The van der Waals surface area contributed by atoms with Crippen molar-refractivity contribution in [1.29, 1.82) is 0 Å². The summed E-state index contributed by atoms with van der Waals surface area (Å²) in [6.45, 7) is 4.30. The molecule has 98 valence electrons. The topological polar surface area (TPSA) is 61.4 Å². The molecule has 2 atom stereocenters. The molecular weight excluding hydrogens is 228 g/mol. The highest BCUT2D eigenvalue weighted by molar-refractivity contribution is 5.77. The highest BCUT2D eigenvalue weighted by atomic mass is 16.3. The van der Waals surface area contributed by atoms with Crippen LogP contribution in [0.5, 0.6) is 0 Å². The smallest absolute Gasteiger partial charge is 0.222 e. The molecule has 0 saturated carbocycles. The molecule has 4 heteroatoms. The molecule has 1 aliphatic rings. The zero-order chi connectivity index (χ0) is 13.1. The van der Waals surface area contributed by atoms with Crippen LogP contribution in [0.2, 0.25) is 0 Å². The van der Waals surface area contributed by atoms with Gasteiger partial charge in [0, 0.05) is 12.1 Å². The minimum Gasteiger partial charge on any atom is -0.378 e. The second-order valence-electron chi connectivity index (χ2n) is 5.08. The molecule has 18 heavy (non-hydrogen) atoms. The predicted molar refractivity (Wildman–Crippen MR) is 71.3 cm³/mol. The van der Waals surface area contributed by atoms with Crippen LogP contribution in [0.15, 0.2) is 24.3 Å². The lowest BCUT2D eigenvalue weighted by molar-refractivity contribution is -0.126. The molecule has 1 aromatic rings. The van der Waals surface area contributed by atoms with Gasteiger partial charge in [0.25, 0.3) is 0 Å². The van der Waals surface area contributed by atoms with E-state index in [-0.39, 0.29) is 11.9 Å². The second kappa shape index (κ2) is 5.40. The van der Waals surface area contributed by atoms with E-state index >= 15 is 0 Å². The van der Waals surface area contributed by atoms with Gasteiger partial charge in [0.2, 0.25) is 5.91 Å². The van der Waals surface area contributed by atoms with Gasteiger partial charge in [-0.3, -0.25) is 4.79 Å². The van der Waals surface area contributed by atoms with E-state index in [0.717, 1.165) is 5.69 Å². The summed E-state index contributed by atoms with van der Waals surface area (Å²) in [7, 11) is 0. The Morgan fingerprint density at radius 2 is 2.22 bits per heavy atom. The highest BCUT2D eigenvalue weighted by Gasteiger charge is 2.26. The minimum atomic E-state index is -0.811. The Bertz CT molecular complexity index is 432. The lowest BCUT2D eigenvalue weighted by Crippen LogP contribution is -2.51. The fourth-order valence-electron chi connectivity index (χ4n) is 2.13. The molecule has 1 fully saturated rings. The van der Waals surface area contributed by atoms with Gasteiger partial charge in [0.05, 0.1) is 6.04 Å². The Kier molecular flexibility index (Phi) is 3.87. The third kappa shape index (κ3) is 3.01. The van der Waals surface area contributed by atoms with Gasteiger partial charge in [-0.15, -0.1) is 0 Å². The normalized spacial score (nSPS) is 23.9. The van der Waals surface area contributed by atoms with Crippen LogP contribution in [0.4, 0.5) is 5.69 Å². The first kappa shape index (κ1) is 12.9. The summed E-state index contributed by atoms with van der Waals surface area (Å²) in [4.78, 5) is 11.1. The molecule has 1 heterocycles. The maximum atomic E-state index is 11.1. The van der Waals surface area contributed by atoms with Crippen LogP contribution >= 0.6 is 0 Å². The maximum absolute atomic E-state index is 11.1. The van der Waals surface area contributed by atoms with Crippen molar-refractivity contribution < 1.29 is 9.90 Å². The maximum Gasteiger partial charge on any atom is 0.222 e. The van der Waals surface area contributed by atoms with Crippen molar-refractivity contribution in [2.45, 2.75) is 44.9 Å². The summed E-state index contributed by atoms with van der Waals surface area (Å²) in [6.07, 6.45) is 0.297. The van der Waals surface area contributed by atoms with Crippen LogP contribution in [0, 0.1) is 0 Å². The van der Waals surface area contributed by atoms with Crippen LogP contribution in [0.1, 0.15) is 38.2 Å². The number of carbonyl (C=O) groups is 1. The number of aliphatic hydroxyl groups excluding tert-OH is 1. The SMILES string of the molecule is CC(C)c1cccc(NC2CCC(=O)NC2O)c1. The van der Waals surface area contributed by atoms with Gasteiger partial charge < -0.3 is 15.7 Å². The number of piperidine rings is 1. The quantitative estimate of drug-likeness (QED) is 0.764. The first-order valence-electron chi connectivity index (χ1n) is 6.40. The van der Waals surface area contributed by atoms with Gasteiger partial charge in [0.1, 0.15) is 6.23 Å². The first-order chi connectivity index (χ1) is 8.56. The average molecular weight is 248 g/mol. The lowest BCUT2D eigenvalue weighted by Gasteiger charge is -2.30. The van der Waals surface area contributed by atoms with Crippen molar-refractivity contribution in [2.24, 2.45) is 0 Å². The van der Waals surface area contributed by atoms with Gasteiger partial charge in [-0.1, -0.05) is 26.0 Å². The Morgan fingerprint density at radius 3 is 2.89 bits per heavy atom. The number of aliphatic hydroxyl groups is 1. The van der Waals surface area contributed by atoms with Crippen molar-refractivity contribution in [1.82, 2.24) is 5.32 Å². The minimum absolute atomic E-state index is 0.0866. The van der Waals surface area contributed by atoms with E-state index in [9.17, 15) is 9.90 Å². The number of hydrogen-bond acceptors (Lipinski definition) is 3. The fourth-order valence-corrected chi connectivity index (χ4v) is 2.13. The van der Waals surface area contributed by atoms with E-state index in [1.165, 1.54) is 5.56 Å². The largest absolute Gasteiger partial charge is 0.378 e. The van der Waals surface area contributed by atoms with Gasteiger partial charge in [-0.2, -0.15) is 0 Å². The number of benzene rings is 1. The Hall–Kier alpha value is -1.55. The number of hydrogen-bond donors (Lipinski definition) is 3. The van der Waals surface area contributed by atoms with E-state index in [1.807, 2.05) is 12.1 Å². The summed E-state index contributed by atoms with van der Waals surface area (Å²) in [6, 6.07) is 8.05. The number of amides is 1. The van der Waals surface area contributed by atoms with Crippen molar-refractivity contribution in [3.8, 4) is 0 Å². The summed E-state index contributed by atoms with van der Waals surface area (Å²) < 4.78 is 0. The molecule has 1 aromatic carbocycles. The predicted octanol–water partition coefficient (Wildman–Crippen LogP) is 1.82. The van der Waals surface area contributed by atoms with Crippen LogP contribution in [0.3, 0.4) is 0 Å². The molecule has 0 bridgehead atoms. The third-order valence-corrected chi connectivity index (χ3v) is 3.28. The first-order valence-corrected chi connectivity index (χ1v) is 6.40. The average Bonchev–Trinajstić information content (AvgIpc) is 2.33. The molecule has 0 radical (unpaired) electrons. The Morgan fingerprint density at radius 1 is 1.44 bits per heavy atom. The van der Waals surface area contributed by atoms with Crippen molar-refractivity contribution in [3.05, 3.63) is 29.8 Å². The molecule has 3 N–H and O–H groups in total. The molecule has 4 nitrogen and oxygen atoms in total. The monoisotopic (exact) mass is 248 g/mol. The van der Waals surface area contributed by atoms with Crippen molar-refractivity contribution in [3.63, 3.8) is 0 Å². The summed E-state index contributed by atoms with van der Waals surface area (Å²) in [5, 5.41) is 15.6. The molecule has 0 spiro atoms. The third-order valence-electron chi connectivity index (χ3n) is 3.28. The Labute approximate surface area is 107 Å². The molecule has 1 saturated heterocycles. The van der Waals surface area contributed by atoms with E-state index in [0.29, 0.717) is 18.8 Å². The van der Waals surface area contributed by atoms with E-state index in [1.54, 1.807) is 0 Å². The molecule has 1 amide bonds. The molecular formula is C14H20N2O2. The van der Waals surface area contributed by atoms with Crippen molar-refractivity contribution >= 4 is 11.6 Å². The lowest BCUT2D eigenvalue weighted by atomic mass is 10.0. The molecule has 0 aromatic heterocycles. The van der Waals surface area contributed by atoms with Gasteiger partial charge in [-0.05, 0) is 30.0 Å². The summed E-state index contributed by atoms with van der Waals surface area (Å²) in [5.41, 5.74) is 2.25. The molecule has 2 unspecified atom stereocenters. The van der Waals surface area contributed by atoms with Crippen LogP contribution in [-0.4, -0.2) is 23.3 Å².